The van der Waals surface area contributed by atoms with E-state index in [1.54, 1.807) is 0 Å². The Labute approximate surface area is 100 Å². The molecule has 3 heteroatoms. The number of rotatable bonds is 2. The molecule has 1 aliphatic heterocycles. The summed E-state index contributed by atoms with van der Waals surface area (Å²) < 4.78 is 11.6. The molecule has 1 aliphatic rings. The van der Waals surface area contributed by atoms with E-state index in [2.05, 4.69) is 46.9 Å². The summed E-state index contributed by atoms with van der Waals surface area (Å²) in [6.45, 7) is 14.0. The minimum atomic E-state index is -1.70. The molecule has 92 valence electrons. The summed E-state index contributed by atoms with van der Waals surface area (Å²) in [6.07, 6.45) is 4.78. The van der Waals surface area contributed by atoms with Crippen LogP contribution in [0.1, 0.15) is 34.1 Å². The van der Waals surface area contributed by atoms with E-state index in [1.807, 2.05) is 6.26 Å². The lowest BCUT2D eigenvalue weighted by molar-refractivity contribution is 0.285. The van der Waals surface area contributed by atoms with Gasteiger partial charge >= 0.3 is 0 Å². The Morgan fingerprint density at radius 1 is 1.31 bits per heavy atom. The standard InChI is InChI=1S/C13H24O2Si/c1-11-9-12(7-8-14-10-11)15-16(5,6)13(2,3)4/h7,10H,8-9H2,1-6H3. The molecule has 0 aliphatic carbocycles. The second-order valence-electron chi connectivity index (χ2n) is 6.01. The molecule has 0 N–H and O–H groups in total. The van der Waals surface area contributed by atoms with Crippen molar-refractivity contribution in [2.75, 3.05) is 6.61 Å². The van der Waals surface area contributed by atoms with Gasteiger partial charge in [-0.3, -0.25) is 0 Å². The third kappa shape index (κ3) is 3.41. The van der Waals surface area contributed by atoms with Crippen LogP contribution in [-0.4, -0.2) is 14.9 Å². The van der Waals surface area contributed by atoms with Crippen LogP contribution in [0.15, 0.2) is 23.7 Å². The average Bonchev–Trinajstić information content (AvgIpc) is 2.27. The number of hydrogen-bond acceptors (Lipinski definition) is 2. The SMILES string of the molecule is CC1=COCC=C(O[Si](C)(C)C(C)(C)C)C1. The van der Waals surface area contributed by atoms with Crippen molar-refractivity contribution in [2.45, 2.75) is 52.2 Å². The summed E-state index contributed by atoms with van der Waals surface area (Å²) in [5.74, 6) is 1.08. The van der Waals surface area contributed by atoms with Crippen LogP contribution in [0.5, 0.6) is 0 Å². The zero-order valence-electron chi connectivity index (χ0n) is 11.4. The molecule has 0 saturated heterocycles. The zero-order chi connectivity index (χ0) is 12.4. The molecule has 0 fully saturated rings. The van der Waals surface area contributed by atoms with Crippen LogP contribution in [0.2, 0.25) is 18.1 Å². The van der Waals surface area contributed by atoms with Crippen LogP contribution in [0.3, 0.4) is 0 Å². The highest BCUT2D eigenvalue weighted by Gasteiger charge is 2.39. The maximum atomic E-state index is 6.27. The third-order valence-corrected chi connectivity index (χ3v) is 7.72. The van der Waals surface area contributed by atoms with E-state index in [-0.39, 0.29) is 5.04 Å². The summed E-state index contributed by atoms with van der Waals surface area (Å²) in [7, 11) is -1.70. The molecule has 0 radical (unpaired) electrons. The van der Waals surface area contributed by atoms with Gasteiger partial charge < -0.3 is 9.16 Å². The van der Waals surface area contributed by atoms with Crippen molar-refractivity contribution in [3.05, 3.63) is 23.7 Å². The van der Waals surface area contributed by atoms with Crippen molar-refractivity contribution in [3.8, 4) is 0 Å². The normalized spacial score (nSPS) is 18.1. The first kappa shape index (κ1) is 13.4. The van der Waals surface area contributed by atoms with Crippen molar-refractivity contribution in [3.63, 3.8) is 0 Å². The molecule has 0 atom stereocenters. The minimum absolute atomic E-state index is 0.249. The Hall–Kier alpha value is -0.703. The quantitative estimate of drug-likeness (QED) is 0.673. The molecule has 0 saturated carbocycles. The Kier molecular flexibility index (Phi) is 3.89. The van der Waals surface area contributed by atoms with Gasteiger partial charge in [-0.05, 0) is 36.7 Å². The van der Waals surface area contributed by atoms with Gasteiger partial charge in [-0.1, -0.05) is 20.8 Å². The van der Waals surface area contributed by atoms with Crippen LogP contribution < -0.4 is 0 Å². The Bertz CT molecular complexity index is 308. The number of allylic oxidation sites excluding steroid dienone is 1. The molecular weight excluding hydrogens is 216 g/mol. The molecule has 0 amide bonds. The highest BCUT2D eigenvalue weighted by Crippen LogP contribution is 2.38. The van der Waals surface area contributed by atoms with E-state index in [1.165, 1.54) is 5.57 Å². The van der Waals surface area contributed by atoms with Gasteiger partial charge in [-0.25, -0.2) is 0 Å². The highest BCUT2D eigenvalue weighted by molar-refractivity contribution is 6.74. The molecule has 0 spiro atoms. The van der Waals surface area contributed by atoms with Gasteiger partial charge in [-0.15, -0.1) is 0 Å². The van der Waals surface area contributed by atoms with Crippen LogP contribution in [0.4, 0.5) is 0 Å². The minimum Gasteiger partial charge on any atom is -0.546 e. The van der Waals surface area contributed by atoms with Crippen LogP contribution >= 0.6 is 0 Å². The Balaban J connectivity index is 2.74. The number of hydrogen-bond donors (Lipinski definition) is 0. The van der Waals surface area contributed by atoms with Crippen LogP contribution in [-0.2, 0) is 9.16 Å². The zero-order valence-corrected chi connectivity index (χ0v) is 12.4. The van der Waals surface area contributed by atoms with E-state index >= 15 is 0 Å². The van der Waals surface area contributed by atoms with Gasteiger partial charge in [0.05, 0.1) is 12.0 Å². The van der Waals surface area contributed by atoms with Crippen molar-refractivity contribution < 1.29 is 9.16 Å². The van der Waals surface area contributed by atoms with Gasteiger partial charge in [0, 0.05) is 6.42 Å². The Morgan fingerprint density at radius 2 is 1.94 bits per heavy atom. The molecule has 1 rings (SSSR count). The first-order valence-corrected chi connectivity index (χ1v) is 8.78. The van der Waals surface area contributed by atoms with Crippen LogP contribution in [0, 0.1) is 0 Å². The van der Waals surface area contributed by atoms with Crippen LogP contribution in [0.25, 0.3) is 0 Å². The first-order chi connectivity index (χ1) is 7.22. The average molecular weight is 240 g/mol. The fourth-order valence-corrected chi connectivity index (χ4v) is 2.40. The Morgan fingerprint density at radius 3 is 2.50 bits per heavy atom. The molecule has 0 aromatic rings. The van der Waals surface area contributed by atoms with E-state index in [0.717, 1.165) is 12.2 Å². The van der Waals surface area contributed by atoms with E-state index in [0.29, 0.717) is 6.61 Å². The fourth-order valence-electron chi connectivity index (χ4n) is 1.28. The molecular formula is C13H24O2Si. The van der Waals surface area contributed by atoms with Gasteiger partial charge in [0.1, 0.15) is 6.61 Å². The molecule has 2 nitrogen and oxygen atoms in total. The van der Waals surface area contributed by atoms with Gasteiger partial charge in [0.2, 0.25) is 8.32 Å². The maximum absolute atomic E-state index is 6.27. The summed E-state index contributed by atoms with van der Waals surface area (Å²) in [4.78, 5) is 0. The lowest BCUT2D eigenvalue weighted by Crippen LogP contribution is -2.40. The van der Waals surface area contributed by atoms with Gasteiger partial charge in [-0.2, -0.15) is 0 Å². The number of ether oxygens (including phenoxy) is 1. The van der Waals surface area contributed by atoms with Crippen molar-refractivity contribution in [1.82, 2.24) is 0 Å². The van der Waals surface area contributed by atoms with Crippen molar-refractivity contribution in [1.29, 1.82) is 0 Å². The summed E-state index contributed by atoms with van der Waals surface area (Å²) in [6, 6.07) is 0. The summed E-state index contributed by atoms with van der Waals surface area (Å²) >= 11 is 0. The predicted octanol–water partition coefficient (Wildman–Crippen LogP) is 4.22. The lowest BCUT2D eigenvalue weighted by Gasteiger charge is -2.37. The highest BCUT2D eigenvalue weighted by atomic mass is 28.4. The molecule has 0 aromatic carbocycles. The van der Waals surface area contributed by atoms with Gasteiger partial charge in [0.15, 0.2) is 0 Å². The van der Waals surface area contributed by atoms with E-state index in [9.17, 15) is 0 Å². The van der Waals surface area contributed by atoms with Crippen molar-refractivity contribution >= 4 is 8.32 Å². The van der Waals surface area contributed by atoms with Crippen molar-refractivity contribution in [2.24, 2.45) is 0 Å². The second-order valence-corrected chi connectivity index (χ2v) is 10.7. The largest absolute Gasteiger partial charge is 0.546 e. The molecule has 1 heterocycles. The molecule has 0 unspecified atom stereocenters. The second kappa shape index (κ2) is 4.66. The summed E-state index contributed by atoms with van der Waals surface area (Å²) in [5, 5.41) is 0.249. The topological polar surface area (TPSA) is 18.5 Å². The smallest absolute Gasteiger partial charge is 0.250 e. The summed E-state index contributed by atoms with van der Waals surface area (Å²) in [5.41, 5.74) is 1.22. The maximum Gasteiger partial charge on any atom is 0.250 e. The predicted molar refractivity (Wildman–Crippen MR) is 70.7 cm³/mol. The monoisotopic (exact) mass is 240 g/mol. The molecule has 0 aromatic heterocycles. The molecule has 16 heavy (non-hydrogen) atoms. The molecule has 0 bridgehead atoms. The van der Waals surface area contributed by atoms with E-state index < -0.39 is 8.32 Å². The van der Waals surface area contributed by atoms with Gasteiger partial charge in [0.25, 0.3) is 0 Å². The lowest BCUT2D eigenvalue weighted by atomic mass is 10.2. The fraction of sp³-hybridized carbons (Fsp3) is 0.692. The van der Waals surface area contributed by atoms with E-state index in [4.69, 9.17) is 9.16 Å². The third-order valence-electron chi connectivity index (χ3n) is 3.34. The first-order valence-electron chi connectivity index (χ1n) is 5.88.